The first-order valence-corrected chi connectivity index (χ1v) is 11.7. The largest absolute Gasteiger partial charge is 0.349 e. The van der Waals surface area contributed by atoms with Crippen LogP contribution in [0.5, 0.6) is 0 Å². The molecule has 0 bridgehead atoms. The molecule has 1 amide bonds. The Morgan fingerprint density at radius 1 is 0.727 bits per heavy atom. The molecule has 0 aliphatic carbocycles. The van der Waals surface area contributed by atoms with E-state index in [1.54, 1.807) is 0 Å². The van der Waals surface area contributed by atoms with E-state index in [0.29, 0.717) is 15.6 Å². The molecule has 0 heterocycles. The summed E-state index contributed by atoms with van der Waals surface area (Å²) < 4.78 is 0. The van der Waals surface area contributed by atoms with Gasteiger partial charge in [0.1, 0.15) is 0 Å². The molecule has 4 aromatic rings. The van der Waals surface area contributed by atoms with Gasteiger partial charge in [0.15, 0.2) is 0 Å². The summed E-state index contributed by atoms with van der Waals surface area (Å²) in [6.07, 6.45) is 0.771. The summed E-state index contributed by atoms with van der Waals surface area (Å²) in [6, 6.07) is 33.5. The fourth-order valence-electron chi connectivity index (χ4n) is 4.00. The van der Waals surface area contributed by atoms with Crippen molar-refractivity contribution in [3.05, 3.63) is 130 Å². The van der Waals surface area contributed by atoms with Crippen LogP contribution in [0.2, 0.25) is 10.0 Å². The lowest BCUT2D eigenvalue weighted by molar-refractivity contribution is 0.0934. The van der Waals surface area contributed by atoms with E-state index >= 15 is 0 Å². The first-order chi connectivity index (χ1) is 16.0. The van der Waals surface area contributed by atoms with E-state index in [9.17, 15) is 4.79 Å². The second kappa shape index (κ2) is 10.7. The Bertz CT molecular complexity index is 1190. The fraction of sp³-hybridized carbons (Fsp3) is 0.138. The Hall–Kier alpha value is -3.07. The first kappa shape index (κ1) is 23.1. The molecule has 0 aliphatic heterocycles. The van der Waals surface area contributed by atoms with Gasteiger partial charge in [-0.3, -0.25) is 4.79 Å². The summed E-state index contributed by atoms with van der Waals surface area (Å²) in [6.45, 7) is 2.05. The molecule has 4 heteroatoms. The smallest absolute Gasteiger partial charge is 0.251 e. The Kier molecular flexibility index (Phi) is 7.49. The maximum atomic E-state index is 13.0. The highest BCUT2D eigenvalue weighted by atomic mass is 35.5. The minimum atomic E-state index is -0.0943. The number of amides is 1. The van der Waals surface area contributed by atoms with Crippen molar-refractivity contribution >= 4 is 29.1 Å². The van der Waals surface area contributed by atoms with Crippen LogP contribution >= 0.6 is 23.2 Å². The van der Waals surface area contributed by atoms with Crippen LogP contribution in [0.25, 0.3) is 11.1 Å². The van der Waals surface area contributed by atoms with E-state index in [2.05, 4.69) is 17.4 Å². The SMILES string of the molecule is C[C@@H](NC(=O)c1ccc(-c2ccccc2)cc1)[C@H](Cc1ccc(Cl)cc1)c1ccc(Cl)cc1. The lowest BCUT2D eigenvalue weighted by Crippen LogP contribution is -2.37. The number of carbonyl (C=O) groups is 1. The van der Waals surface area contributed by atoms with Crippen LogP contribution < -0.4 is 5.32 Å². The van der Waals surface area contributed by atoms with Crippen LogP contribution in [0.1, 0.15) is 34.3 Å². The number of carbonyl (C=O) groups excluding carboxylic acids is 1. The fourth-order valence-corrected chi connectivity index (χ4v) is 4.26. The van der Waals surface area contributed by atoms with Gasteiger partial charge in [-0.1, -0.05) is 89.9 Å². The van der Waals surface area contributed by atoms with Crippen LogP contribution in [0, 0.1) is 0 Å². The first-order valence-electron chi connectivity index (χ1n) is 11.0. The molecule has 2 atom stereocenters. The van der Waals surface area contributed by atoms with E-state index in [0.717, 1.165) is 28.7 Å². The zero-order valence-corrected chi connectivity index (χ0v) is 19.9. The van der Waals surface area contributed by atoms with E-state index in [1.807, 2.05) is 97.9 Å². The lowest BCUT2D eigenvalue weighted by atomic mass is 9.86. The molecule has 0 fully saturated rings. The molecule has 2 nitrogen and oxygen atoms in total. The van der Waals surface area contributed by atoms with Crippen molar-refractivity contribution in [3.63, 3.8) is 0 Å². The standard InChI is InChI=1S/C29H25Cl2NO/c1-20(32-29(33)25-11-9-23(10-12-25)22-5-3-2-4-6-22)28(24-13-17-27(31)18-14-24)19-21-7-15-26(30)16-8-21/h2-18,20,28H,19H2,1H3,(H,32,33)/t20-,28+/m1/s1. The molecule has 0 saturated heterocycles. The monoisotopic (exact) mass is 473 g/mol. The van der Waals surface area contributed by atoms with Gasteiger partial charge in [0.05, 0.1) is 0 Å². The van der Waals surface area contributed by atoms with Crippen LogP contribution in [0.15, 0.2) is 103 Å². The van der Waals surface area contributed by atoms with Gasteiger partial charge in [-0.05, 0) is 72.0 Å². The Morgan fingerprint density at radius 2 is 1.27 bits per heavy atom. The van der Waals surface area contributed by atoms with E-state index in [-0.39, 0.29) is 17.9 Å². The summed E-state index contributed by atoms with van der Waals surface area (Å²) >= 11 is 12.2. The lowest BCUT2D eigenvalue weighted by Gasteiger charge is -2.26. The summed E-state index contributed by atoms with van der Waals surface area (Å²) in [5.74, 6) is -0.00633. The molecule has 4 aromatic carbocycles. The molecular formula is C29H25Cl2NO. The minimum Gasteiger partial charge on any atom is -0.349 e. The Labute approximate surface area is 205 Å². The van der Waals surface area contributed by atoms with E-state index in [4.69, 9.17) is 23.2 Å². The van der Waals surface area contributed by atoms with Crippen molar-refractivity contribution in [3.8, 4) is 11.1 Å². The highest BCUT2D eigenvalue weighted by molar-refractivity contribution is 6.30. The summed E-state index contributed by atoms with van der Waals surface area (Å²) in [4.78, 5) is 13.0. The van der Waals surface area contributed by atoms with E-state index < -0.39 is 0 Å². The van der Waals surface area contributed by atoms with Crippen LogP contribution in [-0.4, -0.2) is 11.9 Å². The van der Waals surface area contributed by atoms with Crippen LogP contribution in [-0.2, 0) is 6.42 Å². The van der Waals surface area contributed by atoms with Crippen molar-refractivity contribution in [2.75, 3.05) is 0 Å². The molecule has 0 radical (unpaired) electrons. The predicted molar refractivity (Wildman–Crippen MR) is 138 cm³/mol. The van der Waals surface area contributed by atoms with Gasteiger partial charge in [0, 0.05) is 27.6 Å². The quantitative estimate of drug-likeness (QED) is 0.291. The van der Waals surface area contributed by atoms with Crippen molar-refractivity contribution in [1.29, 1.82) is 0 Å². The molecule has 1 N–H and O–H groups in total. The van der Waals surface area contributed by atoms with Crippen LogP contribution in [0.4, 0.5) is 0 Å². The number of nitrogens with one attached hydrogen (secondary N) is 1. The normalized spacial score (nSPS) is 12.7. The van der Waals surface area contributed by atoms with Crippen molar-refractivity contribution in [2.45, 2.75) is 25.3 Å². The zero-order valence-electron chi connectivity index (χ0n) is 18.3. The van der Waals surface area contributed by atoms with Gasteiger partial charge in [-0.25, -0.2) is 0 Å². The molecule has 0 saturated carbocycles. The third-order valence-electron chi connectivity index (χ3n) is 5.88. The molecule has 4 rings (SSSR count). The average molecular weight is 474 g/mol. The number of rotatable bonds is 7. The Balaban J connectivity index is 1.51. The third kappa shape index (κ3) is 6.04. The van der Waals surface area contributed by atoms with Gasteiger partial charge in [0.2, 0.25) is 0 Å². The molecule has 0 unspecified atom stereocenters. The predicted octanol–water partition coefficient (Wildman–Crippen LogP) is 7.81. The Morgan fingerprint density at radius 3 is 1.88 bits per heavy atom. The molecule has 0 spiro atoms. The summed E-state index contributed by atoms with van der Waals surface area (Å²) in [5.41, 5.74) is 5.14. The van der Waals surface area contributed by atoms with Crippen molar-refractivity contribution in [2.24, 2.45) is 0 Å². The second-order valence-corrected chi connectivity index (χ2v) is 9.07. The van der Waals surface area contributed by atoms with Crippen molar-refractivity contribution in [1.82, 2.24) is 5.32 Å². The topological polar surface area (TPSA) is 29.1 Å². The molecule has 33 heavy (non-hydrogen) atoms. The average Bonchev–Trinajstić information content (AvgIpc) is 2.85. The second-order valence-electron chi connectivity index (χ2n) is 8.19. The maximum Gasteiger partial charge on any atom is 0.251 e. The minimum absolute atomic E-state index is 0.0796. The number of hydrogen-bond donors (Lipinski definition) is 1. The highest BCUT2D eigenvalue weighted by Gasteiger charge is 2.22. The summed E-state index contributed by atoms with van der Waals surface area (Å²) in [5, 5.41) is 4.61. The zero-order chi connectivity index (χ0) is 23.2. The summed E-state index contributed by atoms with van der Waals surface area (Å²) in [7, 11) is 0. The van der Waals surface area contributed by atoms with Gasteiger partial charge in [0.25, 0.3) is 5.91 Å². The number of halogens is 2. The van der Waals surface area contributed by atoms with E-state index in [1.165, 1.54) is 0 Å². The van der Waals surface area contributed by atoms with Crippen molar-refractivity contribution < 1.29 is 4.79 Å². The van der Waals surface area contributed by atoms with Crippen LogP contribution in [0.3, 0.4) is 0 Å². The third-order valence-corrected chi connectivity index (χ3v) is 6.39. The van der Waals surface area contributed by atoms with Gasteiger partial charge >= 0.3 is 0 Å². The molecule has 0 aromatic heterocycles. The maximum absolute atomic E-state index is 13.0. The van der Waals surface area contributed by atoms with Gasteiger partial charge < -0.3 is 5.32 Å². The molecule has 166 valence electrons. The molecular weight excluding hydrogens is 449 g/mol. The van der Waals surface area contributed by atoms with Gasteiger partial charge in [-0.2, -0.15) is 0 Å². The molecule has 0 aliphatic rings. The van der Waals surface area contributed by atoms with Gasteiger partial charge in [-0.15, -0.1) is 0 Å². The highest BCUT2D eigenvalue weighted by Crippen LogP contribution is 2.27. The number of hydrogen-bond acceptors (Lipinski definition) is 1. The number of benzene rings is 4.